The summed E-state index contributed by atoms with van der Waals surface area (Å²) in [7, 11) is 0. The number of phenolic OH excluding ortho intramolecular Hbond substituents is 1. The number of carbonyl (C=O) groups excluding carboxylic acids is 1. The molecule has 0 aliphatic carbocycles. The summed E-state index contributed by atoms with van der Waals surface area (Å²) in [6, 6.07) is 15.6. The number of benzene rings is 2. The molecule has 0 saturated carbocycles. The molecule has 0 aliphatic heterocycles. The van der Waals surface area contributed by atoms with Crippen LogP contribution in [0.15, 0.2) is 54.6 Å². The molecule has 2 aromatic carbocycles. The first-order valence-corrected chi connectivity index (χ1v) is 6.99. The van der Waals surface area contributed by atoms with E-state index in [4.69, 9.17) is 0 Å². The van der Waals surface area contributed by atoms with Gasteiger partial charge in [0.1, 0.15) is 5.75 Å². The van der Waals surface area contributed by atoms with Crippen molar-refractivity contribution in [2.45, 2.75) is 0 Å². The fraction of sp³-hybridized carbons (Fsp3) is 0. The minimum atomic E-state index is -0.286. The van der Waals surface area contributed by atoms with Gasteiger partial charge in [0.15, 0.2) is 5.82 Å². The average molecular weight is 297 g/mol. The molecule has 0 radical (unpaired) electrons. The van der Waals surface area contributed by atoms with Gasteiger partial charge in [0.05, 0.1) is 0 Å². The van der Waals surface area contributed by atoms with E-state index >= 15 is 0 Å². The van der Waals surface area contributed by atoms with Crippen molar-refractivity contribution in [1.82, 2.24) is 9.36 Å². The van der Waals surface area contributed by atoms with Crippen molar-refractivity contribution in [3.8, 4) is 17.1 Å². The number of anilines is 1. The summed E-state index contributed by atoms with van der Waals surface area (Å²) in [6.45, 7) is 0. The van der Waals surface area contributed by atoms with Gasteiger partial charge in [0.2, 0.25) is 5.13 Å². The number of nitrogens with zero attached hydrogens (tertiary/aromatic N) is 2. The van der Waals surface area contributed by atoms with Crippen molar-refractivity contribution >= 4 is 22.6 Å². The number of nitrogens with one attached hydrogen (secondary N) is 1. The Labute approximate surface area is 125 Å². The molecule has 1 heterocycles. The van der Waals surface area contributed by atoms with Crippen molar-refractivity contribution in [2.24, 2.45) is 0 Å². The third-order valence-corrected chi connectivity index (χ3v) is 3.44. The highest BCUT2D eigenvalue weighted by molar-refractivity contribution is 7.10. The number of phenols is 1. The lowest BCUT2D eigenvalue weighted by Crippen LogP contribution is -2.11. The largest absolute Gasteiger partial charge is 0.508 e. The van der Waals surface area contributed by atoms with Crippen LogP contribution in [0.5, 0.6) is 5.75 Å². The number of aromatic nitrogens is 2. The molecule has 2 N–H and O–H groups in total. The second kappa shape index (κ2) is 5.72. The van der Waals surface area contributed by atoms with Gasteiger partial charge in [0, 0.05) is 22.7 Å². The monoisotopic (exact) mass is 297 g/mol. The minimum absolute atomic E-state index is 0.119. The zero-order valence-corrected chi connectivity index (χ0v) is 11.7. The maximum absolute atomic E-state index is 12.0. The lowest BCUT2D eigenvalue weighted by molar-refractivity contribution is 0.102. The van der Waals surface area contributed by atoms with Gasteiger partial charge < -0.3 is 5.11 Å². The summed E-state index contributed by atoms with van der Waals surface area (Å²) >= 11 is 1.13. The van der Waals surface area contributed by atoms with Gasteiger partial charge in [-0.05, 0) is 24.3 Å². The Kier molecular flexibility index (Phi) is 3.61. The number of carbonyl (C=O) groups is 1. The Morgan fingerprint density at radius 2 is 1.76 bits per heavy atom. The fourth-order valence-electron chi connectivity index (χ4n) is 1.76. The third kappa shape index (κ3) is 3.06. The number of hydrogen-bond acceptors (Lipinski definition) is 5. The first-order valence-electron chi connectivity index (χ1n) is 6.22. The molecule has 5 nitrogen and oxygen atoms in total. The lowest BCUT2D eigenvalue weighted by atomic mass is 10.2. The van der Waals surface area contributed by atoms with Crippen LogP contribution in [0.25, 0.3) is 11.4 Å². The van der Waals surface area contributed by atoms with Crippen LogP contribution in [-0.2, 0) is 0 Å². The van der Waals surface area contributed by atoms with Gasteiger partial charge in [-0.3, -0.25) is 10.1 Å². The van der Waals surface area contributed by atoms with Gasteiger partial charge in [-0.25, -0.2) is 0 Å². The van der Waals surface area contributed by atoms with E-state index in [1.807, 2.05) is 30.3 Å². The van der Waals surface area contributed by atoms with E-state index in [0.29, 0.717) is 16.5 Å². The van der Waals surface area contributed by atoms with Gasteiger partial charge in [-0.2, -0.15) is 9.36 Å². The zero-order valence-electron chi connectivity index (χ0n) is 10.9. The topological polar surface area (TPSA) is 75.1 Å². The fourth-order valence-corrected chi connectivity index (χ4v) is 2.35. The van der Waals surface area contributed by atoms with Gasteiger partial charge in [-0.1, -0.05) is 30.3 Å². The summed E-state index contributed by atoms with van der Waals surface area (Å²) in [5.74, 6) is 0.418. The number of amides is 1. The third-order valence-electron chi connectivity index (χ3n) is 2.81. The van der Waals surface area contributed by atoms with Crippen molar-refractivity contribution < 1.29 is 9.90 Å². The number of aromatic hydroxyl groups is 1. The highest BCUT2D eigenvalue weighted by Crippen LogP contribution is 2.21. The molecule has 0 spiro atoms. The summed E-state index contributed by atoms with van der Waals surface area (Å²) in [4.78, 5) is 16.3. The summed E-state index contributed by atoms with van der Waals surface area (Å²) in [6.07, 6.45) is 0. The maximum atomic E-state index is 12.0. The number of hydrogen-bond donors (Lipinski definition) is 2. The number of rotatable bonds is 3. The normalized spacial score (nSPS) is 10.3. The molecule has 0 saturated heterocycles. The Morgan fingerprint density at radius 1 is 1.05 bits per heavy atom. The molecule has 0 atom stereocenters. The second-order valence-corrected chi connectivity index (χ2v) is 5.04. The molecule has 3 rings (SSSR count). The molecular weight excluding hydrogens is 286 g/mol. The molecule has 0 unspecified atom stereocenters. The van der Waals surface area contributed by atoms with Crippen LogP contribution in [-0.4, -0.2) is 20.4 Å². The smallest absolute Gasteiger partial charge is 0.257 e. The standard InChI is InChI=1S/C15H11N3O2S/c19-12-8-6-11(7-9-12)14(20)17-15-16-13(18-21-15)10-4-2-1-3-5-10/h1-9,19H,(H,16,17,18,20). The van der Waals surface area contributed by atoms with E-state index in [-0.39, 0.29) is 11.7 Å². The molecule has 0 aliphatic rings. The van der Waals surface area contributed by atoms with Crippen LogP contribution >= 0.6 is 11.5 Å². The molecule has 0 fully saturated rings. The van der Waals surface area contributed by atoms with E-state index in [2.05, 4.69) is 14.7 Å². The average Bonchev–Trinajstić information content (AvgIpc) is 2.97. The van der Waals surface area contributed by atoms with Gasteiger partial charge >= 0.3 is 0 Å². The zero-order chi connectivity index (χ0) is 14.7. The van der Waals surface area contributed by atoms with Crippen molar-refractivity contribution in [3.63, 3.8) is 0 Å². The van der Waals surface area contributed by atoms with Crippen LogP contribution < -0.4 is 5.32 Å². The Hall–Kier alpha value is -2.73. The van der Waals surface area contributed by atoms with Crippen LogP contribution in [0.1, 0.15) is 10.4 Å². The highest BCUT2D eigenvalue weighted by Gasteiger charge is 2.11. The first kappa shape index (κ1) is 13.3. The molecule has 3 aromatic rings. The molecule has 6 heteroatoms. The SMILES string of the molecule is O=C(Nc1nc(-c2ccccc2)ns1)c1ccc(O)cc1. The van der Waals surface area contributed by atoms with E-state index in [1.54, 1.807) is 12.1 Å². The minimum Gasteiger partial charge on any atom is -0.508 e. The lowest BCUT2D eigenvalue weighted by Gasteiger charge is -2.01. The van der Waals surface area contributed by atoms with E-state index in [9.17, 15) is 9.90 Å². The van der Waals surface area contributed by atoms with Crippen molar-refractivity contribution in [3.05, 3.63) is 60.2 Å². The molecule has 21 heavy (non-hydrogen) atoms. The summed E-state index contributed by atoms with van der Waals surface area (Å²) in [5.41, 5.74) is 1.35. The Balaban J connectivity index is 1.75. The van der Waals surface area contributed by atoms with Gasteiger partial charge in [0.25, 0.3) is 5.91 Å². The molecule has 0 bridgehead atoms. The van der Waals surface area contributed by atoms with Gasteiger partial charge in [-0.15, -0.1) is 0 Å². The van der Waals surface area contributed by atoms with E-state index in [0.717, 1.165) is 17.1 Å². The Bertz CT molecular complexity index is 754. The maximum Gasteiger partial charge on any atom is 0.257 e. The van der Waals surface area contributed by atoms with Crippen LogP contribution in [0.2, 0.25) is 0 Å². The summed E-state index contributed by atoms with van der Waals surface area (Å²) in [5, 5.41) is 12.3. The molecule has 1 amide bonds. The van der Waals surface area contributed by atoms with Crippen LogP contribution in [0.4, 0.5) is 5.13 Å². The van der Waals surface area contributed by atoms with E-state index in [1.165, 1.54) is 12.1 Å². The predicted molar refractivity (Wildman–Crippen MR) is 81.4 cm³/mol. The quantitative estimate of drug-likeness (QED) is 0.778. The predicted octanol–water partition coefficient (Wildman–Crippen LogP) is 3.16. The second-order valence-electron chi connectivity index (χ2n) is 4.29. The molecule has 104 valence electrons. The highest BCUT2D eigenvalue weighted by atomic mass is 32.1. The van der Waals surface area contributed by atoms with Crippen molar-refractivity contribution in [1.29, 1.82) is 0 Å². The van der Waals surface area contributed by atoms with Crippen molar-refractivity contribution in [2.75, 3.05) is 5.32 Å². The summed E-state index contributed by atoms with van der Waals surface area (Å²) < 4.78 is 4.22. The Morgan fingerprint density at radius 3 is 2.48 bits per heavy atom. The first-order chi connectivity index (χ1) is 10.2. The van der Waals surface area contributed by atoms with Crippen LogP contribution in [0.3, 0.4) is 0 Å². The van der Waals surface area contributed by atoms with E-state index < -0.39 is 0 Å². The molecule has 1 aromatic heterocycles. The van der Waals surface area contributed by atoms with Crippen LogP contribution in [0, 0.1) is 0 Å². The molecular formula is C15H11N3O2S.